The van der Waals surface area contributed by atoms with Gasteiger partial charge >= 0.3 is 0 Å². The number of nitrogens with one attached hydrogen (secondary N) is 1. The van der Waals surface area contributed by atoms with Crippen molar-refractivity contribution >= 4 is 20.9 Å². The second-order valence-electron chi connectivity index (χ2n) is 7.85. The monoisotopic (exact) mass is 481 g/mol. The summed E-state index contributed by atoms with van der Waals surface area (Å²) in [7, 11) is -4.30. The first kappa shape index (κ1) is 23.1. The van der Waals surface area contributed by atoms with E-state index in [4.69, 9.17) is 0 Å². The van der Waals surface area contributed by atoms with Crippen molar-refractivity contribution in [1.29, 1.82) is 5.26 Å². The van der Waals surface area contributed by atoms with Gasteiger partial charge in [0.25, 0.3) is 0 Å². The van der Waals surface area contributed by atoms with E-state index in [2.05, 4.69) is 9.97 Å². The summed E-state index contributed by atoms with van der Waals surface area (Å²) in [5.74, 6) is -1.64. The van der Waals surface area contributed by atoms with E-state index >= 15 is 4.39 Å². The molecule has 0 unspecified atom stereocenters. The molecule has 174 valence electrons. The molecule has 0 spiro atoms. The van der Waals surface area contributed by atoms with E-state index in [0.29, 0.717) is 12.8 Å². The number of sulfonamides is 1. The van der Waals surface area contributed by atoms with Crippen LogP contribution in [-0.4, -0.2) is 42.3 Å². The van der Waals surface area contributed by atoms with E-state index in [1.54, 1.807) is 4.57 Å². The first-order valence-electron chi connectivity index (χ1n) is 10.1. The topological polar surface area (TPSA) is 101 Å². The van der Waals surface area contributed by atoms with E-state index in [0.717, 1.165) is 24.9 Å². The number of hydrogen-bond donors (Lipinski definition) is 1. The summed E-state index contributed by atoms with van der Waals surface area (Å²) < 4.78 is 83.1. The summed E-state index contributed by atoms with van der Waals surface area (Å²) in [6.07, 6.45) is 4.18. The van der Waals surface area contributed by atoms with Crippen LogP contribution in [0.3, 0.4) is 0 Å². The van der Waals surface area contributed by atoms with Crippen molar-refractivity contribution in [3.63, 3.8) is 0 Å². The summed E-state index contributed by atoms with van der Waals surface area (Å²) in [5, 5.41) is 9.89. The molecule has 7 nitrogen and oxygen atoms in total. The lowest BCUT2D eigenvalue weighted by Crippen LogP contribution is -2.38. The Labute approximate surface area is 187 Å². The number of rotatable bonds is 7. The number of nitriles is 1. The maximum atomic E-state index is 15.1. The average molecular weight is 481 g/mol. The third-order valence-electron chi connectivity index (χ3n) is 5.81. The fourth-order valence-corrected chi connectivity index (χ4v) is 4.89. The molecule has 1 aromatic carbocycles. The standard InChI is InChI=1S/C21H19F4N5O2S/c1-11-17(24)5-15-16(8-26)20(30(13-3-2-4-13)19(15)18(11)25)21-27-9-14(10-28-21)33(31,32)29-12(6-22)7-23/h5,9-10,12-13,29H,2-4,6-7H2,1H3. The van der Waals surface area contributed by atoms with Crippen LogP contribution < -0.4 is 4.72 Å². The smallest absolute Gasteiger partial charge is 0.244 e. The molecule has 33 heavy (non-hydrogen) atoms. The molecule has 4 rings (SSSR count). The quantitative estimate of drug-likeness (QED) is 0.517. The molecule has 0 saturated heterocycles. The van der Waals surface area contributed by atoms with Crippen LogP contribution in [0.5, 0.6) is 0 Å². The summed E-state index contributed by atoms with van der Waals surface area (Å²) in [6, 6.07) is 1.37. The van der Waals surface area contributed by atoms with Crippen LogP contribution in [0.2, 0.25) is 0 Å². The van der Waals surface area contributed by atoms with E-state index in [1.165, 1.54) is 6.92 Å². The molecule has 0 bridgehead atoms. The maximum absolute atomic E-state index is 15.1. The third kappa shape index (κ3) is 3.85. The summed E-state index contributed by atoms with van der Waals surface area (Å²) in [4.78, 5) is 7.66. The van der Waals surface area contributed by atoms with Crippen molar-refractivity contribution in [2.45, 2.75) is 43.2 Å². The van der Waals surface area contributed by atoms with E-state index in [1.807, 2.05) is 10.8 Å². The highest BCUT2D eigenvalue weighted by molar-refractivity contribution is 7.89. The van der Waals surface area contributed by atoms with Gasteiger partial charge < -0.3 is 4.57 Å². The molecule has 1 aliphatic carbocycles. The van der Waals surface area contributed by atoms with Crippen molar-refractivity contribution in [3.8, 4) is 17.6 Å². The van der Waals surface area contributed by atoms with Crippen molar-refractivity contribution < 1.29 is 26.0 Å². The minimum absolute atomic E-state index is 0.0293. The number of alkyl halides is 2. The number of benzene rings is 1. The first-order valence-corrected chi connectivity index (χ1v) is 11.6. The normalized spacial score (nSPS) is 14.6. The lowest BCUT2D eigenvalue weighted by Gasteiger charge is -2.30. The van der Waals surface area contributed by atoms with E-state index in [-0.39, 0.29) is 39.6 Å². The van der Waals surface area contributed by atoms with Crippen LogP contribution in [0.15, 0.2) is 23.4 Å². The Morgan fingerprint density at radius 1 is 1.24 bits per heavy atom. The molecule has 2 aromatic heterocycles. The molecule has 3 aromatic rings. The van der Waals surface area contributed by atoms with Gasteiger partial charge in [-0.2, -0.15) is 5.26 Å². The Hall–Kier alpha value is -3.04. The van der Waals surface area contributed by atoms with Crippen molar-refractivity contribution in [2.24, 2.45) is 0 Å². The molecule has 0 radical (unpaired) electrons. The zero-order valence-electron chi connectivity index (χ0n) is 17.4. The van der Waals surface area contributed by atoms with Crippen molar-refractivity contribution in [1.82, 2.24) is 19.3 Å². The highest BCUT2D eigenvalue weighted by atomic mass is 32.2. The predicted molar refractivity (Wildman–Crippen MR) is 111 cm³/mol. The number of halogens is 4. The molecule has 0 amide bonds. The number of aromatic nitrogens is 3. The second-order valence-corrected chi connectivity index (χ2v) is 9.57. The molecule has 1 fully saturated rings. The highest BCUT2D eigenvalue weighted by Crippen LogP contribution is 2.43. The van der Waals surface area contributed by atoms with Gasteiger partial charge in [0.1, 0.15) is 35.8 Å². The Bertz CT molecular complexity index is 1360. The largest absolute Gasteiger partial charge is 0.331 e. The van der Waals surface area contributed by atoms with Crippen molar-refractivity contribution in [2.75, 3.05) is 13.3 Å². The molecule has 1 aliphatic rings. The van der Waals surface area contributed by atoms with Gasteiger partial charge in [0.2, 0.25) is 10.0 Å². The first-order chi connectivity index (χ1) is 15.7. The minimum Gasteiger partial charge on any atom is -0.331 e. The molecule has 2 heterocycles. The van der Waals surface area contributed by atoms with E-state index in [9.17, 15) is 26.9 Å². The minimum atomic E-state index is -4.30. The number of nitrogens with zero attached hydrogens (tertiary/aromatic N) is 4. The fourth-order valence-electron chi connectivity index (χ4n) is 3.80. The van der Waals surface area contributed by atoms with Crippen molar-refractivity contribution in [3.05, 3.63) is 41.2 Å². The number of hydrogen-bond acceptors (Lipinski definition) is 5. The SMILES string of the molecule is Cc1c(F)cc2c(C#N)c(-c3ncc(S(=O)(=O)NC(CF)CF)cn3)n(C3CCC3)c2c1F. The Morgan fingerprint density at radius 2 is 1.88 bits per heavy atom. The summed E-state index contributed by atoms with van der Waals surface area (Å²) in [5.41, 5.74) is 0.0166. The molecule has 1 N–H and O–H groups in total. The third-order valence-corrected chi connectivity index (χ3v) is 7.28. The zero-order chi connectivity index (χ0) is 23.9. The van der Waals surface area contributed by atoms with Crippen LogP contribution in [0.4, 0.5) is 17.6 Å². The van der Waals surface area contributed by atoms with Crippen LogP contribution in [0.25, 0.3) is 22.4 Å². The van der Waals surface area contributed by atoms with Gasteiger partial charge in [0.15, 0.2) is 11.6 Å². The van der Waals surface area contributed by atoms with Gasteiger partial charge in [-0.1, -0.05) is 0 Å². The van der Waals surface area contributed by atoms with Crippen LogP contribution >= 0.6 is 0 Å². The van der Waals surface area contributed by atoms with Gasteiger partial charge in [0, 0.05) is 17.0 Å². The summed E-state index contributed by atoms with van der Waals surface area (Å²) >= 11 is 0. The summed E-state index contributed by atoms with van der Waals surface area (Å²) in [6.45, 7) is -1.16. The Morgan fingerprint density at radius 3 is 2.39 bits per heavy atom. The molecular formula is C21H19F4N5O2S. The second kappa shape index (κ2) is 8.72. The van der Waals surface area contributed by atoms with Crippen LogP contribution in [0, 0.1) is 29.9 Å². The van der Waals surface area contributed by atoms with Crippen LogP contribution in [-0.2, 0) is 10.0 Å². The fraction of sp³-hybridized carbons (Fsp3) is 0.381. The maximum Gasteiger partial charge on any atom is 0.244 e. The van der Waals surface area contributed by atoms with Crippen LogP contribution in [0.1, 0.15) is 36.4 Å². The molecule has 12 heteroatoms. The van der Waals surface area contributed by atoms with Gasteiger partial charge in [-0.25, -0.2) is 40.7 Å². The van der Waals surface area contributed by atoms with Gasteiger partial charge in [-0.3, -0.25) is 0 Å². The van der Waals surface area contributed by atoms with Gasteiger partial charge in [0.05, 0.1) is 29.5 Å². The Kier molecular flexibility index (Phi) is 6.11. The van der Waals surface area contributed by atoms with E-state index < -0.39 is 45.9 Å². The lowest BCUT2D eigenvalue weighted by atomic mass is 9.92. The van der Waals surface area contributed by atoms with Gasteiger partial charge in [-0.15, -0.1) is 0 Å². The molecular weight excluding hydrogens is 462 g/mol. The highest BCUT2D eigenvalue weighted by Gasteiger charge is 2.32. The van der Waals surface area contributed by atoms with Gasteiger partial charge in [-0.05, 0) is 32.3 Å². The molecule has 1 saturated carbocycles. The lowest BCUT2D eigenvalue weighted by molar-refractivity contribution is 0.322. The predicted octanol–water partition coefficient (Wildman–Crippen LogP) is 3.87. The Balaban J connectivity index is 1.88. The molecule has 0 atom stereocenters. The average Bonchev–Trinajstić information content (AvgIpc) is 3.08. The molecule has 0 aliphatic heterocycles. The number of fused-ring (bicyclic) bond motifs is 1. The zero-order valence-corrected chi connectivity index (χ0v) is 18.3.